The number of carbonyl (C=O) groups is 1. The fraction of sp³-hybridized carbons (Fsp3) is 0.375. The molecule has 1 saturated heterocycles. The first-order valence-corrected chi connectivity index (χ1v) is 10.3. The Morgan fingerprint density at radius 2 is 2.00 bits per heavy atom. The molecule has 28 heavy (non-hydrogen) atoms. The summed E-state index contributed by atoms with van der Waals surface area (Å²) < 4.78 is 13.3. The van der Waals surface area contributed by atoms with Crippen molar-refractivity contribution in [3.63, 3.8) is 0 Å². The zero-order chi connectivity index (χ0) is 19.3. The van der Waals surface area contributed by atoms with Crippen LogP contribution >= 0.6 is 0 Å². The minimum atomic E-state index is -0.230. The summed E-state index contributed by atoms with van der Waals surface area (Å²) in [5.74, 6) is 0.592. The molecule has 2 aromatic carbocycles. The van der Waals surface area contributed by atoms with Crippen molar-refractivity contribution >= 4 is 16.8 Å². The van der Waals surface area contributed by atoms with E-state index < -0.39 is 0 Å². The molecule has 1 amide bonds. The molecule has 1 aromatic heterocycles. The summed E-state index contributed by atoms with van der Waals surface area (Å²) in [5, 5.41) is 1.02. The maximum absolute atomic E-state index is 13.3. The SMILES string of the molecule is O=C(CCCc1cc2ccc(F)cc2[nH]1)N1CCCC(Cc2ccccc2)C1. The van der Waals surface area contributed by atoms with Crippen molar-refractivity contribution < 1.29 is 9.18 Å². The number of fused-ring (bicyclic) bond motifs is 1. The number of amides is 1. The number of aromatic nitrogens is 1. The van der Waals surface area contributed by atoms with Gasteiger partial charge in [0.2, 0.25) is 5.91 Å². The summed E-state index contributed by atoms with van der Waals surface area (Å²) in [6.45, 7) is 1.76. The number of nitrogens with zero attached hydrogens (tertiary/aromatic N) is 1. The van der Waals surface area contributed by atoms with Crippen molar-refractivity contribution in [1.82, 2.24) is 9.88 Å². The first-order chi connectivity index (χ1) is 13.7. The second-order valence-corrected chi connectivity index (χ2v) is 7.92. The van der Waals surface area contributed by atoms with Gasteiger partial charge in [-0.15, -0.1) is 0 Å². The van der Waals surface area contributed by atoms with E-state index in [0.29, 0.717) is 12.3 Å². The zero-order valence-electron chi connectivity index (χ0n) is 16.2. The lowest BCUT2D eigenvalue weighted by Crippen LogP contribution is -2.40. The molecule has 1 N–H and O–H groups in total. The zero-order valence-corrected chi connectivity index (χ0v) is 16.2. The van der Waals surface area contributed by atoms with Crippen molar-refractivity contribution in [2.75, 3.05) is 13.1 Å². The number of rotatable bonds is 6. The van der Waals surface area contributed by atoms with Gasteiger partial charge in [0.1, 0.15) is 5.82 Å². The largest absolute Gasteiger partial charge is 0.358 e. The van der Waals surface area contributed by atoms with Gasteiger partial charge in [-0.05, 0) is 73.2 Å². The van der Waals surface area contributed by atoms with Gasteiger partial charge in [0.05, 0.1) is 0 Å². The number of halogens is 1. The predicted molar refractivity (Wildman–Crippen MR) is 111 cm³/mol. The Labute approximate surface area is 165 Å². The highest BCUT2D eigenvalue weighted by atomic mass is 19.1. The van der Waals surface area contributed by atoms with Gasteiger partial charge < -0.3 is 9.88 Å². The van der Waals surface area contributed by atoms with E-state index in [1.54, 1.807) is 6.07 Å². The van der Waals surface area contributed by atoms with Crippen LogP contribution in [0.15, 0.2) is 54.6 Å². The van der Waals surface area contributed by atoms with Gasteiger partial charge in [0, 0.05) is 30.7 Å². The van der Waals surface area contributed by atoms with Gasteiger partial charge in [0.25, 0.3) is 0 Å². The number of likely N-dealkylation sites (tertiary alicyclic amines) is 1. The molecular weight excluding hydrogens is 351 g/mol. The molecule has 0 bridgehead atoms. The van der Waals surface area contributed by atoms with E-state index in [9.17, 15) is 9.18 Å². The van der Waals surface area contributed by atoms with E-state index >= 15 is 0 Å². The Kier molecular flexibility index (Phi) is 5.75. The second kappa shape index (κ2) is 8.59. The molecule has 3 aromatic rings. The van der Waals surface area contributed by atoms with E-state index in [-0.39, 0.29) is 11.7 Å². The normalized spacial score (nSPS) is 17.2. The Morgan fingerprint density at radius 3 is 2.86 bits per heavy atom. The molecule has 1 fully saturated rings. The van der Waals surface area contributed by atoms with E-state index in [1.165, 1.54) is 24.1 Å². The molecule has 2 heterocycles. The smallest absolute Gasteiger partial charge is 0.222 e. The monoisotopic (exact) mass is 378 g/mol. The lowest BCUT2D eigenvalue weighted by molar-refractivity contribution is -0.133. The third kappa shape index (κ3) is 4.61. The van der Waals surface area contributed by atoms with Crippen LogP contribution in [0.1, 0.15) is 36.9 Å². The third-order valence-corrected chi connectivity index (χ3v) is 5.72. The Morgan fingerprint density at radius 1 is 1.14 bits per heavy atom. The summed E-state index contributed by atoms with van der Waals surface area (Å²) in [5.41, 5.74) is 3.24. The molecular formula is C24H27FN2O. The number of hydrogen-bond acceptors (Lipinski definition) is 1. The van der Waals surface area contributed by atoms with Crippen molar-refractivity contribution in [3.05, 3.63) is 71.7 Å². The first kappa shape index (κ1) is 18.7. The minimum absolute atomic E-state index is 0.230. The predicted octanol–water partition coefficient (Wildman–Crippen LogP) is 5.11. The summed E-state index contributed by atoms with van der Waals surface area (Å²) in [4.78, 5) is 18.0. The van der Waals surface area contributed by atoms with Crippen LogP contribution in [0.5, 0.6) is 0 Å². The average Bonchev–Trinajstić information content (AvgIpc) is 3.10. The maximum Gasteiger partial charge on any atom is 0.222 e. The fourth-order valence-electron chi connectivity index (χ4n) is 4.29. The summed E-state index contributed by atoms with van der Waals surface area (Å²) >= 11 is 0. The lowest BCUT2D eigenvalue weighted by atomic mass is 9.91. The molecule has 0 aliphatic carbocycles. The first-order valence-electron chi connectivity index (χ1n) is 10.3. The Balaban J connectivity index is 1.27. The summed E-state index contributed by atoms with van der Waals surface area (Å²) in [7, 11) is 0. The van der Waals surface area contributed by atoms with E-state index in [0.717, 1.165) is 55.4 Å². The average molecular weight is 378 g/mol. The second-order valence-electron chi connectivity index (χ2n) is 7.92. The van der Waals surface area contributed by atoms with Crippen molar-refractivity contribution in [3.8, 4) is 0 Å². The van der Waals surface area contributed by atoms with Gasteiger partial charge in [0.15, 0.2) is 0 Å². The maximum atomic E-state index is 13.3. The Hall–Kier alpha value is -2.62. The van der Waals surface area contributed by atoms with Gasteiger partial charge in [-0.3, -0.25) is 4.79 Å². The van der Waals surface area contributed by atoms with Crippen molar-refractivity contribution in [1.29, 1.82) is 0 Å². The van der Waals surface area contributed by atoms with Gasteiger partial charge in [-0.2, -0.15) is 0 Å². The summed E-state index contributed by atoms with van der Waals surface area (Å²) in [6, 6.07) is 17.4. The molecule has 0 radical (unpaired) electrons. The molecule has 1 aliphatic rings. The highest BCUT2D eigenvalue weighted by Crippen LogP contribution is 2.22. The molecule has 4 heteroatoms. The number of benzene rings is 2. The third-order valence-electron chi connectivity index (χ3n) is 5.72. The van der Waals surface area contributed by atoms with Gasteiger partial charge in [-0.25, -0.2) is 4.39 Å². The van der Waals surface area contributed by atoms with Crippen LogP contribution in [0.25, 0.3) is 10.9 Å². The molecule has 146 valence electrons. The van der Waals surface area contributed by atoms with E-state index in [2.05, 4.69) is 40.2 Å². The van der Waals surface area contributed by atoms with E-state index in [1.807, 2.05) is 6.07 Å². The molecule has 0 spiro atoms. The molecule has 1 aliphatic heterocycles. The number of nitrogens with one attached hydrogen (secondary N) is 1. The number of carbonyl (C=O) groups excluding carboxylic acids is 1. The van der Waals surface area contributed by atoms with Gasteiger partial charge >= 0.3 is 0 Å². The number of H-pyrrole nitrogens is 1. The van der Waals surface area contributed by atoms with Crippen molar-refractivity contribution in [2.45, 2.75) is 38.5 Å². The molecule has 0 saturated carbocycles. The number of hydrogen-bond donors (Lipinski definition) is 1. The highest BCUT2D eigenvalue weighted by Gasteiger charge is 2.23. The van der Waals surface area contributed by atoms with Gasteiger partial charge in [-0.1, -0.05) is 30.3 Å². The highest BCUT2D eigenvalue weighted by molar-refractivity contribution is 5.80. The fourth-order valence-corrected chi connectivity index (χ4v) is 4.29. The number of aryl methyl sites for hydroxylation is 1. The van der Waals surface area contributed by atoms with Crippen LogP contribution in [-0.4, -0.2) is 28.9 Å². The Bertz CT molecular complexity index is 934. The quantitative estimate of drug-likeness (QED) is 0.636. The number of piperidine rings is 1. The molecule has 1 unspecified atom stereocenters. The van der Waals surface area contributed by atoms with Crippen LogP contribution in [0.4, 0.5) is 4.39 Å². The van der Waals surface area contributed by atoms with Crippen LogP contribution in [-0.2, 0) is 17.6 Å². The number of aromatic amines is 1. The molecule has 4 rings (SSSR count). The minimum Gasteiger partial charge on any atom is -0.358 e. The lowest BCUT2D eigenvalue weighted by Gasteiger charge is -2.33. The van der Waals surface area contributed by atoms with E-state index in [4.69, 9.17) is 0 Å². The summed E-state index contributed by atoms with van der Waals surface area (Å²) in [6.07, 6.45) is 5.54. The van der Waals surface area contributed by atoms with Crippen LogP contribution in [0.2, 0.25) is 0 Å². The van der Waals surface area contributed by atoms with Crippen molar-refractivity contribution in [2.24, 2.45) is 5.92 Å². The van der Waals surface area contributed by atoms with Crippen LogP contribution in [0.3, 0.4) is 0 Å². The topological polar surface area (TPSA) is 36.1 Å². The molecule has 3 nitrogen and oxygen atoms in total. The standard InChI is InChI=1S/C24H27FN2O/c25-21-12-11-20-15-22(26-23(20)16-21)9-4-10-24(28)27-13-5-8-19(17-27)14-18-6-2-1-3-7-18/h1-3,6-7,11-12,15-16,19,26H,4-5,8-10,13-14,17H2. The van der Waals surface area contributed by atoms with Crippen LogP contribution < -0.4 is 0 Å². The van der Waals surface area contributed by atoms with Crippen LogP contribution in [0, 0.1) is 11.7 Å². The molecule has 1 atom stereocenters.